The van der Waals surface area contributed by atoms with Gasteiger partial charge in [0.2, 0.25) is 5.91 Å². The fraction of sp³-hybridized carbons (Fsp3) is 0.300. The van der Waals surface area contributed by atoms with Crippen LogP contribution < -0.4 is 16.0 Å². The topological polar surface area (TPSA) is 122 Å². The molecule has 38 heavy (non-hydrogen) atoms. The second-order valence-electron chi connectivity index (χ2n) is 9.80. The van der Waals surface area contributed by atoms with Crippen molar-refractivity contribution < 1.29 is 24.2 Å². The normalized spacial score (nSPS) is 13.8. The lowest BCUT2D eigenvalue weighted by Gasteiger charge is -2.32. The molecule has 1 aliphatic carbocycles. The highest BCUT2D eigenvalue weighted by atomic mass is 16.5. The fourth-order valence-corrected chi connectivity index (χ4v) is 4.86. The van der Waals surface area contributed by atoms with E-state index in [9.17, 15) is 19.5 Å². The quantitative estimate of drug-likeness (QED) is 0.398. The number of rotatable bonds is 9. The van der Waals surface area contributed by atoms with E-state index >= 15 is 0 Å². The van der Waals surface area contributed by atoms with Gasteiger partial charge in [0.1, 0.15) is 18.7 Å². The van der Waals surface area contributed by atoms with Gasteiger partial charge in [-0.1, -0.05) is 74.5 Å². The van der Waals surface area contributed by atoms with Crippen LogP contribution in [0.5, 0.6) is 0 Å². The molecule has 0 saturated carbocycles. The predicted molar refractivity (Wildman–Crippen MR) is 145 cm³/mol. The van der Waals surface area contributed by atoms with Crippen LogP contribution in [-0.2, 0) is 20.9 Å². The van der Waals surface area contributed by atoms with Gasteiger partial charge in [-0.3, -0.25) is 14.5 Å². The Morgan fingerprint density at radius 2 is 1.47 bits per heavy atom. The minimum absolute atomic E-state index is 0.113. The van der Waals surface area contributed by atoms with E-state index in [2.05, 4.69) is 17.4 Å². The second kappa shape index (κ2) is 11.5. The number of aliphatic hydroxyl groups excluding tert-OH is 1. The first-order chi connectivity index (χ1) is 18.2. The highest BCUT2D eigenvalue weighted by Crippen LogP contribution is 2.44. The molecular weight excluding hydrogens is 482 g/mol. The summed E-state index contributed by atoms with van der Waals surface area (Å²) in [5, 5.41) is 12.1. The molecule has 8 heteroatoms. The molecule has 3 aromatic carbocycles. The van der Waals surface area contributed by atoms with Crippen molar-refractivity contribution in [2.75, 3.05) is 11.5 Å². The van der Waals surface area contributed by atoms with Crippen molar-refractivity contribution in [3.05, 3.63) is 89.5 Å². The Bertz CT molecular complexity index is 1280. The van der Waals surface area contributed by atoms with Crippen LogP contribution in [0.1, 0.15) is 43.4 Å². The lowest BCUT2D eigenvalue weighted by atomic mass is 9.98. The zero-order chi connectivity index (χ0) is 27.4. The number of hydrogen-bond donors (Lipinski definition) is 3. The second-order valence-corrected chi connectivity index (χ2v) is 9.80. The maximum atomic E-state index is 13.7. The largest absolute Gasteiger partial charge is 0.449 e. The molecule has 0 saturated heterocycles. The van der Waals surface area contributed by atoms with E-state index in [4.69, 9.17) is 10.5 Å². The standard InChI is InChI=1S/C30H33N3O5/c1-18(2)27(29(36)33(19(3)28(31)35)21-14-12-20(16-34)13-15-21)32-30(37)38-17-26-24-10-6-4-8-22(24)23-9-5-7-11-25(23)26/h4-15,18-19,26-27,34H,16-17H2,1-3H3,(H2,31,35)(H,32,37)/t19-,27+/m0/s1. The van der Waals surface area contributed by atoms with E-state index < -0.39 is 30.0 Å². The average molecular weight is 516 g/mol. The molecule has 3 aromatic rings. The number of carbonyl (C=O) groups is 3. The number of nitrogens with one attached hydrogen (secondary N) is 1. The Morgan fingerprint density at radius 3 is 1.97 bits per heavy atom. The number of alkyl carbamates (subject to hydrolysis) is 1. The minimum Gasteiger partial charge on any atom is -0.449 e. The summed E-state index contributed by atoms with van der Waals surface area (Å²) < 4.78 is 5.65. The highest BCUT2D eigenvalue weighted by molar-refractivity contribution is 6.03. The van der Waals surface area contributed by atoms with Gasteiger partial charge in [0.05, 0.1) is 6.61 Å². The maximum Gasteiger partial charge on any atom is 0.407 e. The number of nitrogens with two attached hydrogens (primary N) is 1. The Labute approximate surface area is 222 Å². The number of hydrogen-bond acceptors (Lipinski definition) is 5. The first kappa shape index (κ1) is 26.9. The van der Waals surface area contributed by atoms with Gasteiger partial charge in [-0.2, -0.15) is 0 Å². The number of primary amides is 1. The molecule has 0 heterocycles. The molecule has 0 aromatic heterocycles. The molecule has 2 atom stereocenters. The number of aliphatic hydroxyl groups is 1. The monoisotopic (exact) mass is 515 g/mol. The maximum absolute atomic E-state index is 13.7. The first-order valence-corrected chi connectivity index (χ1v) is 12.7. The number of fused-ring (bicyclic) bond motifs is 3. The van der Waals surface area contributed by atoms with Gasteiger partial charge in [-0.25, -0.2) is 4.79 Å². The highest BCUT2D eigenvalue weighted by Gasteiger charge is 2.35. The zero-order valence-electron chi connectivity index (χ0n) is 21.8. The lowest BCUT2D eigenvalue weighted by Crippen LogP contribution is -2.56. The van der Waals surface area contributed by atoms with Crippen LogP contribution in [0.25, 0.3) is 11.1 Å². The smallest absolute Gasteiger partial charge is 0.407 e. The summed E-state index contributed by atoms with van der Waals surface area (Å²) in [6.07, 6.45) is -0.721. The van der Waals surface area contributed by atoms with Gasteiger partial charge in [0.25, 0.3) is 5.91 Å². The van der Waals surface area contributed by atoms with E-state index in [-0.39, 0.29) is 25.0 Å². The molecule has 1 aliphatic rings. The van der Waals surface area contributed by atoms with Gasteiger partial charge in [0.15, 0.2) is 0 Å². The summed E-state index contributed by atoms with van der Waals surface area (Å²) in [5.41, 5.74) is 11.1. The lowest BCUT2D eigenvalue weighted by molar-refractivity contribution is -0.126. The Morgan fingerprint density at radius 1 is 0.921 bits per heavy atom. The van der Waals surface area contributed by atoms with Crippen LogP contribution in [0, 0.1) is 5.92 Å². The first-order valence-electron chi connectivity index (χ1n) is 12.7. The van der Waals surface area contributed by atoms with Crippen molar-refractivity contribution >= 4 is 23.6 Å². The molecular formula is C30H33N3O5. The SMILES string of the molecule is CC(C)[C@@H](NC(=O)OCC1c2ccccc2-c2ccccc21)C(=O)N(c1ccc(CO)cc1)[C@@H](C)C(N)=O. The molecule has 0 unspecified atom stereocenters. The van der Waals surface area contributed by atoms with E-state index in [0.717, 1.165) is 22.3 Å². The molecule has 0 spiro atoms. The van der Waals surface area contributed by atoms with Crippen LogP contribution in [0.2, 0.25) is 0 Å². The van der Waals surface area contributed by atoms with Crippen molar-refractivity contribution in [2.24, 2.45) is 11.7 Å². The van der Waals surface area contributed by atoms with Crippen molar-refractivity contribution in [3.63, 3.8) is 0 Å². The number of benzene rings is 3. The van der Waals surface area contributed by atoms with Crippen molar-refractivity contribution in [2.45, 2.75) is 45.4 Å². The minimum atomic E-state index is -0.968. The molecule has 198 valence electrons. The van der Waals surface area contributed by atoms with E-state index in [0.29, 0.717) is 11.3 Å². The summed E-state index contributed by atoms with van der Waals surface area (Å²) in [5.74, 6) is -1.59. The molecule has 0 radical (unpaired) electrons. The van der Waals surface area contributed by atoms with Crippen molar-refractivity contribution in [1.29, 1.82) is 0 Å². The van der Waals surface area contributed by atoms with Gasteiger partial charge >= 0.3 is 6.09 Å². The number of amides is 3. The van der Waals surface area contributed by atoms with Crippen molar-refractivity contribution in [1.82, 2.24) is 5.32 Å². The third-order valence-corrected chi connectivity index (χ3v) is 6.98. The third-order valence-electron chi connectivity index (χ3n) is 6.98. The van der Waals surface area contributed by atoms with Crippen LogP contribution in [0.4, 0.5) is 10.5 Å². The summed E-state index contributed by atoms with van der Waals surface area (Å²) in [6, 6.07) is 20.7. The van der Waals surface area contributed by atoms with Crippen LogP contribution in [-0.4, -0.2) is 41.7 Å². The number of anilines is 1. The van der Waals surface area contributed by atoms with Crippen molar-refractivity contribution in [3.8, 4) is 11.1 Å². The van der Waals surface area contributed by atoms with E-state index in [1.54, 1.807) is 38.1 Å². The summed E-state index contributed by atoms with van der Waals surface area (Å²) in [7, 11) is 0. The summed E-state index contributed by atoms with van der Waals surface area (Å²) >= 11 is 0. The molecule has 4 N–H and O–H groups in total. The van der Waals surface area contributed by atoms with Gasteiger partial charge in [0, 0.05) is 11.6 Å². The fourth-order valence-electron chi connectivity index (χ4n) is 4.86. The Kier molecular flexibility index (Phi) is 8.12. The predicted octanol–water partition coefficient (Wildman–Crippen LogP) is 3.95. The molecule has 3 amide bonds. The third kappa shape index (κ3) is 5.40. The average Bonchev–Trinajstić information content (AvgIpc) is 3.24. The molecule has 0 bridgehead atoms. The van der Waals surface area contributed by atoms with Crippen LogP contribution in [0.3, 0.4) is 0 Å². The van der Waals surface area contributed by atoms with E-state index in [1.807, 2.05) is 36.4 Å². The summed E-state index contributed by atoms with van der Waals surface area (Å²) in [4.78, 5) is 40.0. The molecule has 8 nitrogen and oxygen atoms in total. The Hall–Kier alpha value is -4.17. The molecule has 0 aliphatic heterocycles. The number of nitrogens with zero attached hydrogens (tertiary/aromatic N) is 1. The number of ether oxygens (including phenoxy) is 1. The number of carbonyl (C=O) groups excluding carboxylic acids is 3. The Balaban J connectivity index is 1.51. The molecule has 0 fully saturated rings. The van der Waals surface area contributed by atoms with Crippen LogP contribution >= 0.6 is 0 Å². The zero-order valence-corrected chi connectivity index (χ0v) is 21.8. The van der Waals surface area contributed by atoms with Gasteiger partial charge in [-0.15, -0.1) is 0 Å². The van der Waals surface area contributed by atoms with E-state index in [1.165, 1.54) is 11.8 Å². The van der Waals surface area contributed by atoms with Gasteiger partial charge in [-0.05, 0) is 52.8 Å². The summed E-state index contributed by atoms with van der Waals surface area (Å²) in [6.45, 7) is 5.09. The molecule has 4 rings (SSSR count). The van der Waals surface area contributed by atoms with Gasteiger partial charge < -0.3 is 20.9 Å². The van der Waals surface area contributed by atoms with Crippen LogP contribution in [0.15, 0.2) is 72.8 Å².